The van der Waals surface area contributed by atoms with Gasteiger partial charge in [-0.3, -0.25) is 4.79 Å². The van der Waals surface area contributed by atoms with Crippen LogP contribution in [0.2, 0.25) is 0 Å². The lowest BCUT2D eigenvalue weighted by Gasteiger charge is -2.15. The zero-order chi connectivity index (χ0) is 22.1. The summed E-state index contributed by atoms with van der Waals surface area (Å²) in [5.74, 6) is 1.23. The van der Waals surface area contributed by atoms with E-state index in [9.17, 15) is 13.6 Å². The highest BCUT2D eigenvalue weighted by atomic mass is 19.3. The van der Waals surface area contributed by atoms with E-state index in [2.05, 4.69) is 10.1 Å². The SMILES string of the molecule is CCOc1cc(C(=O)NCc2ccc(OC(F)F)c(OC)c2)ccc1OCC(C)C. The van der Waals surface area contributed by atoms with E-state index in [0.29, 0.717) is 41.8 Å². The summed E-state index contributed by atoms with van der Waals surface area (Å²) in [6.45, 7) is 4.16. The maximum atomic E-state index is 12.6. The van der Waals surface area contributed by atoms with Crippen LogP contribution in [0.4, 0.5) is 8.78 Å². The van der Waals surface area contributed by atoms with Gasteiger partial charge in [-0.05, 0) is 48.7 Å². The molecule has 0 saturated carbocycles. The molecule has 1 amide bonds. The summed E-state index contributed by atoms with van der Waals surface area (Å²) in [7, 11) is 1.36. The van der Waals surface area contributed by atoms with Gasteiger partial charge in [-0.25, -0.2) is 0 Å². The summed E-state index contributed by atoms with van der Waals surface area (Å²) in [5.41, 5.74) is 1.09. The van der Waals surface area contributed by atoms with Crippen LogP contribution in [0.5, 0.6) is 23.0 Å². The van der Waals surface area contributed by atoms with E-state index >= 15 is 0 Å². The topological polar surface area (TPSA) is 66.0 Å². The Kier molecular flexibility index (Phi) is 8.70. The van der Waals surface area contributed by atoms with Crippen molar-refractivity contribution in [2.24, 2.45) is 5.92 Å². The second-order valence-electron chi connectivity index (χ2n) is 6.85. The summed E-state index contributed by atoms with van der Waals surface area (Å²) >= 11 is 0. The van der Waals surface area contributed by atoms with Crippen molar-refractivity contribution in [3.05, 3.63) is 47.5 Å². The lowest BCUT2D eigenvalue weighted by Crippen LogP contribution is -2.23. The summed E-state index contributed by atoms with van der Waals surface area (Å²) in [4.78, 5) is 12.6. The van der Waals surface area contributed by atoms with Crippen molar-refractivity contribution in [1.29, 1.82) is 0 Å². The fraction of sp³-hybridized carbons (Fsp3) is 0.409. The first-order chi connectivity index (χ1) is 14.3. The quantitative estimate of drug-likeness (QED) is 0.569. The number of amides is 1. The van der Waals surface area contributed by atoms with Crippen molar-refractivity contribution < 1.29 is 32.5 Å². The van der Waals surface area contributed by atoms with Gasteiger partial charge in [0.1, 0.15) is 0 Å². The smallest absolute Gasteiger partial charge is 0.387 e. The number of hydrogen-bond acceptors (Lipinski definition) is 5. The molecule has 2 rings (SSSR count). The van der Waals surface area contributed by atoms with Gasteiger partial charge in [0.2, 0.25) is 0 Å². The fourth-order valence-electron chi connectivity index (χ4n) is 2.59. The number of rotatable bonds is 11. The Morgan fingerprint density at radius 3 is 2.37 bits per heavy atom. The highest BCUT2D eigenvalue weighted by molar-refractivity contribution is 5.94. The Morgan fingerprint density at radius 1 is 1.00 bits per heavy atom. The molecule has 0 spiro atoms. The first-order valence-electron chi connectivity index (χ1n) is 9.63. The van der Waals surface area contributed by atoms with Gasteiger partial charge in [0.05, 0.1) is 20.3 Å². The maximum absolute atomic E-state index is 12.6. The molecule has 2 aromatic rings. The summed E-state index contributed by atoms with van der Waals surface area (Å²) in [6.07, 6.45) is 0. The Balaban J connectivity index is 2.07. The van der Waals surface area contributed by atoms with E-state index in [1.165, 1.54) is 19.2 Å². The molecule has 0 saturated heterocycles. The van der Waals surface area contributed by atoms with Gasteiger partial charge < -0.3 is 24.3 Å². The molecule has 0 atom stereocenters. The lowest BCUT2D eigenvalue weighted by atomic mass is 10.1. The van der Waals surface area contributed by atoms with Gasteiger partial charge in [-0.15, -0.1) is 0 Å². The third-order valence-electron chi connectivity index (χ3n) is 3.98. The average Bonchev–Trinajstić information content (AvgIpc) is 2.71. The number of hydrogen-bond donors (Lipinski definition) is 1. The van der Waals surface area contributed by atoms with E-state index < -0.39 is 6.61 Å². The molecule has 6 nitrogen and oxygen atoms in total. The lowest BCUT2D eigenvalue weighted by molar-refractivity contribution is -0.0512. The van der Waals surface area contributed by atoms with Crippen molar-refractivity contribution in [3.8, 4) is 23.0 Å². The number of methoxy groups -OCH3 is 1. The van der Waals surface area contributed by atoms with Crippen molar-refractivity contribution in [3.63, 3.8) is 0 Å². The van der Waals surface area contributed by atoms with E-state index in [1.807, 2.05) is 20.8 Å². The monoisotopic (exact) mass is 423 g/mol. The third kappa shape index (κ3) is 6.79. The molecule has 0 aliphatic carbocycles. The third-order valence-corrected chi connectivity index (χ3v) is 3.98. The predicted octanol–water partition coefficient (Wildman–Crippen LogP) is 4.66. The summed E-state index contributed by atoms with van der Waals surface area (Å²) in [6, 6.07) is 9.49. The summed E-state index contributed by atoms with van der Waals surface area (Å²) in [5, 5.41) is 2.79. The fourth-order valence-corrected chi connectivity index (χ4v) is 2.59. The van der Waals surface area contributed by atoms with Crippen LogP contribution in [0.1, 0.15) is 36.7 Å². The molecule has 0 radical (unpaired) electrons. The largest absolute Gasteiger partial charge is 0.493 e. The van der Waals surface area contributed by atoms with Gasteiger partial charge in [0, 0.05) is 12.1 Å². The minimum Gasteiger partial charge on any atom is -0.493 e. The zero-order valence-corrected chi connectivity index (χ0v) is 17.5. The van der Waals surface area contributed by atoms with Crippen LogP contribution in [-0.4, -0.2) is 32.8 Å². The second kappa shape index (κ2) is 11.2. The molecule has 0 unspecified atom stereocenters. The molecule has 0 aromatic heterocycles. The van der Waals surface area contributed by atoms with E-state index in [1.54, 1.807) is 24.3 Å². The number of carbonyl (C=O) groups excluding carboxylic acids is 1. The molecule has 0 bridgehead atoms. The molecule has 0 fully saturated rings. The van der Waals surface area contributed by atoms with Gasteiger partial charge >= 0.3 is 6.61 Å². The molecule has 0 aliphatic heterocycles. The average molecular weight is 423 g/mol. The minimum atomic E-state index is -2.95. The number of nitrogens with one attached hydrogen (secondary N) is 1. The highest BCUT2D eigenvalue weighted by Gasteiger charge is 2.14. The number of ether oxygens (including phenoxy) is 4. The normalized spacial score (nSPS) is 10.8. The van der Waals surface area contributed by atoms with Crippen molar-refractivity contribution in [1.82, 2.24) is 5.32 Å². The predicted molar refractivity (Wildman–Crippen MR) is 109 cm³/mol. The number of benzene rings is 2. The molecule has 0 aliphatic rings. The number of halogens is 2. The number of carbonyl (C=O) groups is 1. The van der Waals surface area contributed by atoms with Crippen LogP contribution in [0.3, 0.4) is 0 Å². The van der Waals surface area contributed by atoms with Crippen LogP contribution in [-0.2, 0) is 6.54 Å². The van der Waals surface area contributed by atoms with E-state index in [4.69, 9.17) is 14.2 Å². The standard InChI is InChI=1S/C22H27F2NO5/c1-5-28-20-11-16(7-9-17(20)29-13-14(2)3)21(26)25-12-15-6-8-18(30-22(23)24)19(10-15)27-4/h6-11,14,22H,5,12-13H2,1-4H3,(H,25,26). The summed E-state index contributed by atoms with van der Waals surface area (Å²) < 4.78 is 45.7. The molecular weight excluding hydrogens is 396 g/mol. The Hall–Kier alpha value is -3.03. The Bertz CT molecular complexity index is 842. The molecule has 0 heterocycles. The highest BCUT2D eigenvalue weighted by Crippen LogP contribution is 2.30. The first-order valence-corrected chi connectivity index (χ1v) is 9.63. The van der Waals surface area contributed by atoms with Gasteiger partial charge in [-0.2, -0.15) is 8.78 Å². The first kappa shape index (κ1) is 23.3. The van der Waals surface area contributed by atoms with E-state index in [-0.39, 0.29) is 24.0 Å². The van der Waals surface area contributed by atoms with E-state index in [0.717, 1.165) is 0 Å². The van der Waals surface area contributed by atoms with Crippen molar-refractivity contribution >= 4 is 5.91 Å². The second-order valence-corrected chi connectivity index (χ2v) is 6.85. The van der Waals surface area contributed by atoms with Crippen LogP contribution >= 0.6 is 0 Å². The minimum absolute atomic E-state index is 0.0686. The van der Waals surface area contributed by atoms with Gasteiger partial charge in [0.15, 0.2) is 23.0 Å². The number of alkyl halides is 2. The molecule has 30 heavy (non-hydrogen) atoms. The Labute approximate surface area is 175 Å². The molecule has 164 valence electrons. The maximum Gasteiger partial charge on any atom is 0.387 e. The molecule has 1 N–H and O–H groups in total. The van der Waals surface area contributed by atoms with Crippen LogP contribution in [0.15, 0.2) is 36.4 Å². The molecule has 2 aromatic carbocycles. The molecular formula is C22H27F2NO5. The molecule has 8 heteroatoms. The Morgan fingerprint density at radius 2 is 1.73 bits per heavy atom. The van der Waals surface area contributed by atoms with Crippen LogP contribution in [0, 0.1) is 5.92 Å². The van der Waals surface area contributed by atoms with Crippen molar-refractivity contribution in [2.75, 3.05) is 20.3 Å². The zero-order valence-electron chi connectivity index (χ0n) is 17.5. The van der Waals surface area contributed by atoms with Crippen molar-refractivity contribution in [2.45, 2.75) is 33.9 Å². The van der Waals surface area contributed by atoms with Gasteiger partial charge in [0.25, 0.3) is 5.91 Å². The van der Waals surface area contributed by atoms with Crippen LogP contribution < -0.4 is 24.3 Å². The van der Waals surface area contributed by atoms with Crippen LogP contribution in [0.25, 0.3) is 0 Å². The van der Waals surface area contributed by atoms with Gasteiger partial charge in [-0.1, -0.05) is 19.9 Å².